The summed E-state index contributed by atoms with van der Waals surface area (Å²) in [5, 5.41) is 8.95. The number of benzene rings is 1. The zero-order valence-electron chi connectivity index (χ0n) is 10.5. The third-order valence-electron chi connectivity index (χ3n) is 3.75. The summed E-state index contributed by atoms with van der Waals surface area (Å²) in [6.45, 7) is 3.62. The highest BCUT2D eigenvalue weighted by Gasteiger charge is 2.22. The molecule has 0 spiro atoms. The van der Waals surface area contributed by atoms with Crippen LogP contribution >= 0.6 is 0 Å². The Morgan fingerprint density at radius 2 is 2.00 bits per heavy atom. The summed E-state index contributed by atoms with van der Waals surface area (Å²) in [6, 6.07) is 11.4. The van der Waals surface area contributed by atoms with Gasteiger partial charge in [-0.05, 0) is 30.9 Å². The van der Waals surface area contributed by atoms with E-state index in [4.69, 9.17) is 5.26 Å². The molecule has 0 heterocycles. The van der Waals surface area contributed by atoms with Gasteiger partial charge in [-0.2, -0.15) is 5.26 Å². The molecular formula is C15H20N2. The van der Waals surface area contributed by atoms with Crippen molar-refractivity contribution in [3.05, 3.63) is 35.4 Å². The molecule has 2 heteroatoms. The smallest absolute Gasteiger partial charge is 0.0871 e. The first-order valence-electron chi connectivity index (χ1n) is 6.47. The zero-order chi connectivity index (χ0) is 12.1. The first-order valence-corrected chi connectivity index (χ1v) is 6.47. The summed E-state index contributed by atoms with van der Waals surface area (Å²) >= 11 is 0. The molecule has 1 saturated carbocycles. The standard InChI is InChI=1S/C15H20N2/c1-13-6-2-3-7-14(13)12-17(11-10-16)15-8-4-5-9-15/h2-3,6-7,15H,4-5,8-9,11-12H2,1H3. The quantitative estimate of drug-likeness (QED) is 0.740. The minimum atomic E-state index is 0.555. The van der Waals surface area contributed by atoms with Crippen LogP contribution in [0, 0.1) is 18.3 Å². The zero-order valence-corrected chi connectivity index (χ0v) is 10.5. The van der Waals surface area contributed by atoms with Crippen molar-refractivity contribution in [1.82, 2.24) is 4.90 Å². The molecule has 1 aromatic carbocycles. The van der Waals surface area contributed by atoms with Gasteiger partial charge in [-0.25, -0.2) is 0 Å². The third-order valence-corrected chi connectivity index (χ3v) is 3.75. The van der Waals surface area contributed by atoms with Crippen molar-refractivity contribution in [3.63, 3.8) is 0 Å². The van der Waals surface area contributed by atoms with Crippen LogP contribution in [-0.4, -0.2) is 17.5 Å². The van der Waals surface area contributed by atoms with Crippen LogP contribution in [-0.2, 0) is 6.54 Å². The van der Waals surface area contributed by atoms with Gasteiger partial charge in [-0.1, -0.05) is 37.1 Å². The number of rotatable bonds is 4. The second-order valence-electron chi connectivity index (χ2n) is 4.93. The van der Waals surface area contributed by atoms with Crippen LogP contribution in [0.25, 0.3) is 0 Å². The average molecular weight is 228 g/mol. The predicted octanol–water partition coefficient (Wildman–Crippen LogP) is 3.26. The summed E-state index contributed by atoms with van der Waals surface area (Å²) in [7, 11) is 0. The lowest BCUT2D eigenvalue weighted by Gasteiger charge is -2.26. The minimum Gasteiger partial charge on any atom is -0.283 e. The van der Waals surface area contributed by atoms with Crippen LogP contribution in [0.4, 0.5) is 0 Å². The maximum atomic E-state index is 8.95. The molecule has 0 N–H and O–H groups in total. The van der Waals surface area contributed by atoms with Crippen molar-refractivity contribution in [2.45, 2.75) is 45.2 Å². The average Bonchev–Trinajstić information content (AvgIpc) is 2.85. The van der Waals surface area contributed by atoms with Gasteiger partial charge in [-0.3, -0.25) is 4.90 Å². The Bertz CT molecular complexity index is 400. The monoisotopic (exact) mass is 228 g/mol. The van der Waals surface area contributed by atoms with E-state index < -0.39 is 0 Å². The van der Waals surface area contributed by atoms with E-state index >= 15 is 0 Å². The molecule has 0 aromatic heterocycles. The van der Waals surface area contributed by atoms with Crippen LogP contribution in [0.15, 0.2) is 24.3 Å². The number of hydrogen-bond donors (Lipinski definition) is 0. The van der Waals surface area contributed by atoms with Gasteiger partial charge >= 0.3 is 0 Å². The van der Waals surface area contributed by atoms with Crippen molar-refractivity contribution >= 4 is 0 Å². The molecule has 0 saturated heterocycles. The molecule has 0 aliphatic heterocycles. The molecule has 1 fully saturated rings. The van der Waals surface area contributed by atoms with Crippen LogP contribution in [0.5, 0.6) is 0 Å². The summed E-state index contributed by atoms with van der Waals surface area (Å²) < 4.78 is 0. The summed E-state index contributed by atoms with van der Waals surface area (Å²) in [6.07, 6.45) is 5.15. The van der Waals surface area contributed by atoms with Crippen molar-refractivity contribution in [1.29, 1.82) is 5.26 Å². The van der Waals surface area contributed by atoms with Crippen LogP contribution in [0.3, 0.4) is 0 Å². The van der Waals surface area contributed by atoms with E-state index in [1.54, 1.807) is 0 Å². The Labute approximate surface area is 104 Å². The number of hydrogen-bond acceptors (Lipinski definition) is 2. The Balaban J connectivity index is 2.07. The van der Waals surface area contributed by atoms with Gasteiger partial charge < -0.3 is 0 Å². The van der Waals surface area contributed by atoms with Crippen LogP contribution < -0.4 is 0 Å². The van der Waals surface area contributed by atoms with Crippen LogP contribution in [0.2, 0.25) is 0 Å². The Morgan fingerprint density at radius 3 is 2.65 bits per heavy atom. The first kappa shape index (κ1) is 12.1. The maximum Gasteiger partial charge on any atom is 0.0871 e. The van der Waals surface area contributed by atoms with E-state index in [9.17, 15) is 0 Å². The molecule has 2 rings (SSSR count). The molecule has 1 aliphatic rings. The fraction of sp³-hybridized carbons (Fsp3) is 0.533. The molecule has 2 nitrogen and oxygen atoms in total. The molecule has 90 valence electrons. The van der Waals surface area contributed by atoms with Crippen molar-refractivity contribution in [3.8, 4) is 6.07 Å². The Hall–Kier alpha value is -1.33. The van der Waals surface area contributed by atoms with Crippen molar-refractivity contribution in [2.24, 2.45) is 0 Å². The second kappa shape index (κ2) is 5.84. The fourth-order valence-corrected chi connectivity index (χ4v) is 2.68. The maximum absolute atomic E-state index is 8.95. The largest absolute Gasteiger partial charge is 0.283 e. The van der Waals surface area contributed by atoms with Gasteiger partial charge in [0.25, 0.3) is 0 Å². The summed E-state index contributed by atoms with van der Waals surface area (Å²) in [4.78, 5) is 2.34. The van der Waals surface area contributed by atoms with Gasteiger partial charge in [0.2, 0.25) is 0 Å². The first-order chi connectivity index (χ1) is 8.31. The number of nitrogens with zero attached hydrogens (tertiary/aromatic N) is 2. The fourth-order valence-electron chi connectivity index (χ4n) is 2.68. The van der Waals surface area contributed by atoms with Gasteiger partial charge in [-0.15, -0.1) is 0 Å². The molecule has 17 heavy (non-hydrogen) atoms. The highest BCUT2D eigenvalue weighted by molar-refractivity contribution is 5.25. The highest BCUT2D eigenvalue weighted by Crippen LogP contribution is 2.25. The van der Waals surface area contributed by atoms with Crippen molar-refractivity contribution < 1.29 is 0 Å². The van der Waals surface area contributed by atoms with Gasteiger partial charge in [0, 0.05) is 12.6 Å². The SMILES string of the molecule is Cc1ccccc1CN(CC#N)C1CCCC1. The van der Waals surface area contributed by atoms with E-state index in [0.717, 1.165) is 6.54 Å². The van der Waals surface area contributed by atoms with Gasteiger partial charge in [0.15, 0.2) is 0 Å². The highest BCUT2D eigenvalue weighted by atomic mass is 15.2. The van der Waals surface area contributed by atoms with Gasteiger partial charge in [0.05, 0.1) is 12.6 Å². The lowest BCUT2D eigenvalue weighted by atomic mass is 10.1. The topological polar surface area (TPSA) is 27.0 Å². The van der Waals surface area contributed by atoms with E-state index in [2.05, 4.69) is 42.2 Å². The molecule has 0 radical (unpaired) electrons. The van der Waals surface area contributed by atoms with Gasteiger partial charge in [0.1, 0.15) is 0 Å². The summed E-state index contributed by atoms with van der Waals surface area (Å²) in [5.74, 6) is 0. The lowest BCUT2D eigenvalue weighted by Crippen LogP contribution is -2.33. The minimum absolute atomic E-state index is 0.555. The number of aryl methyl sites for hydroxylation is 1. The van der Waals surface area contributed by atoms with Crippen LogP contribution in [0.1, 0.15) is 36.8 Å². The van der Waals surface area contributed by atoms with E-state index in [1.807, 2.05) is 0 Å². The lowest BCUT2D eigenvalue weighted by molar-refractivity contribution is 0.214. The Kier molecular flexibility index (Phi) is 4.17. The number of nitriles is 1. The molecule has 0 bridgehead atoms. The van der Waals surface area contributed by atoms with E-state index in [1.165, 1.54) is 36.8 Å². The van der Waals surface area contributed by atoms with E-state index in [0.29, 0.717) is 12.6 Å². The van der Waals surface area contributed by atoms with E-state index in [-0.39, 0.29) is 0 Å². The third kappa shape index (κ3) is 3.08. The normalized spacial score (nSPS) is 16.3. The molecule has 0 amide bonds. The molecule has 0 unspecified atom stereocenters. The molecule has 1 aliphatic carbocycles. The van der Waals surface area contributed by atoms with Crippen molar-refractivity contribution in [2.75, 3.05) is 6.54 Å². The Morgan fingerprint density at radius 1 is 1.29 bits per heavy atom. The molecule has 1 aromatic rings. The second-order valence-corrected chi connectivity index (χ2v) is 4.93. The molecular weight excluding hydrogens is 208 g/mol. The summed E-state index contributed by atoms with van der Waals surface area (Å²) in [5.41, 5.74) is 2.68. The predicted molar refractivity (Wildman–Crippen MR) is 69.5 cm³/mol. The molecule has 0 atom stereocenters.